The van der Waals surface area contributed by atoms with Gasteiger partial charge < -0.3 is 14.2 Å². The lowest BCUT2D eigenvalue weighted by atomic mass is 10.1. The van der Waals surface area contributed by atoms with Gasteiger partial charge in [-0.3, -0.25) is 14.5 Å². The number of hydrogen-bond acceptors (Lipinski definition) is 4. The molecular weight excluding hydrogens is 270 g/mol. The Balaban J connectivity index is 1.84. The number of fused-ring (bicyclic) bond motifs is 3. The zero-order valence-corrected chi connectivity index (χ0v) is 12.5. The molecule has 3 rings (SSSR count). The average Bonchev–Trinajstić information content (AvgIpc) is 2.69. The molecule has 1 aromatic heterocycles. The fourth-order valence-electron chi connectivity index (χ4n) is 3.12. The monoisotopic (exact) mass is 291 g/mol. The summed E-state index contributed by atoms with van der Waals surface area (Å²) in [4.78, 5) is 28.3. The predicted octanol–water partition coefficient (Wildman–Crippen LogP) is -0.212. The molecule has 2 saturated heterocycles. The first-order valence-electron chi connectivity index (χ1n) is 7.28. The second kappa shape index (κ2) is 5.61. The Labute approximate surface area is 123 Å². The van der Waals surface area contributed by atoms with Crippen LogP contribution in [0.5, 0.6) is 0 Å². The quantitative estimate of drug-likeness (QED) is 0.718. The van der Waals surface area contributed by atoms with E-state index in [2.05, 4.69) is 11.9 Å². The molecule has 2 atom stereocenters. The maximum atomic E-state index is 12.7. The average molecular weight is 291 g/mol. The first-order valence-corrected chi connectivity index (χ1v) is 7.28. The van der Waals surface area contributed by atoms with Gasteiger partial charge in [-0.2, -0.15) is 0 Å². The number of hydrogen-bond donors (Lipinski definition) is 0. The van der Waals surface area contributed by atoms with Crippen LogP contribution in [0.4, 0.5) is 0 Å². The van der Waals surface area contributed by atoms with Gasteiger partial charge in [0, 0.05) is 44.9 Å². The van der Waals surface area contributed by atoms with Crippen LogP contribution in [-0.2, 0) is 11.8 Å². The van der Waals surface area contributed by atoms with Gasteiger partial charge in [0.1, 0.15) is 0 Å². The lowest BCUT2D eigenvalue weighted by molar-refractivity contribution is 0.0433. The fourth-order valence-corrected chi connectivity index (χ4v) is 3.12. The van der Waals surface area contributed by atoms with Crippen molar-refractivity contribution in [3.63, 3.8) is 0 Å². The molecule has 2 aliphatic heterocycles. The number of aromatic nitrogens is 1. The summed E-state index contributed by atoms with van der Waals surface area (Å²) in [6, 6.07) is 3.31. The molecule has 0 unspecified atom stereocenters. The summed E-state index contributed by atoms with van der Waals surface area (Å²) in [6.45, 7) is 3.72. The molecule has 0 N–H and O–H groups in total. The summed E-state index contributed by atoms with van der Waals surface area (Å²) in [5, 5.41) is 0. The Morgan fingerprint density at radius 2 is 2.00 bits per heavy atom. The summed E-state index contributed by atoms with van der Waals surface area (Å²) in [5.41, 5.74) is 0.466. The number of nitrogens with zero attached hydrogens (tertiary/aromatic N) is 3. The first kappa shape index (κ1) is 14.3. The van der Waals surface area contributed by atoms with Gasteiger partial charge in [-0.15, -0.1) is 0 Å². The molecular formula is C15H21N3O3. The van der Waals surface area contributed by atoms with Crippen LogP contribution in [0.2, 0.25) is 0 Å². The molecule has 0 saturated carbocycles. The predicted molar refractivity (Wildman–Crippen MR) is 78.3 cm³/mol. The minimum absolute atomic E-state index is 0.00204. The molecule has 6 heteroatoms. The number of aryl methyl sites for hydroxylation is 1. The highest BCUT2D eigenvalue weighted by atomic mass is 16.5. The molecule has 114 valence electrons. The van der Waals surface area contributed by atoms with E-state index in [4.69, 9.17) is 4.74 Å². The molecule has 0 aromatic carbocycles. The van der Waals surface area contributed by atoms with Crippen molar-refractivity contribution >= 4 is 5.91 Å². The maximum Gasteiger partial charge on any atom is 0.255 e. The van der Waals surface area contributed by atoms with Gasteiger partial charge in [-0.05, 0) is 13.1 Å². The topological polar surface area (TPSA) is 54.8 Å². The molecule has 2 aliphatic rings. The third kappa shape index (κ3) is 2.87. The summed E-state index contributed by atoms with van der Waals surface area (Å²) < 4.78 is 7.12. The number of pyridine rings is 1. The van der Waals surface area contributed by atoms with Crippen LogP contribution >= 0.6 is 0 Å². The number of rotatable bonds is 1. The molecule has 0 spiro atoms. The van der Waals surface area contributed by atoms with Crippen LogP contribution in [0.1, 0.15) is 10.4 Å². The smallest absolute Gasteiger partial charge is 0.255 e. The molecule has 1 amide bonds. The molecule has 6 nitrogen and oxygen atoms in total. The molecule has 1 aromatic rings. The third-order valence-electron chi connectivity index (χ3n) is 4.36. The number of ether oxygens (including phenoxy) is 1. The second-order valence-corrected chi connectivity index (χ2v) is 6.07. The Bertz CT molecular complexity index is 598. The van der Waals surface area contributed by atoms with Crippen LogP contribution in [0.3, 0.4) is 0 Å². The van der Waals surface area contributed by atoms with Gasteiger partial charge in [-0.25, -0.2) is 0 Å². The van der Waals surface area contributed by atoms with E-state index in [0.717, 1.165) is 6.54 Å². The lowest BCUT2D eigenvalue weighted by Gasteiger charge is -2.29. The molecule has 0 radical (unpaired) electrons. The minimum atomic E-state index is -0.104. The molecule has 3 heterocycles. The summed E-state index contributed by atoms with van der Waals surface area (Å²) in [6.07, 6.45) is 1.62. The van der Waals surface area contributed by atoms with Crippen LogP contribution in [0.25, 0.3) is 0 Å². The summed E-state index contributed by atoms with van der Waals surface area (Å²) in [7, 11) is 3.75. The molecule has 2 bridgehead atoms. The van der Waals surface area contributed by atoms with E-state index < -0.39 is 0 Å². The van der Waals surface area contributed by atoms with Crippen molar-refractivity contribution in [2.75, 3.05) is 39.9 Å². The van der Waals surface area contributed by atoms with E-state index in [1.54, 1.807) is 19.3 Å². The number of carbonyl (C=O) groups is 1. The van der Waals surface area contributed by atoms with Gasteiger partial charge in [0.05, 0.1) is 24.8 Å². The molecule has 2 fully saturated rings. The van der Waals surface area contributed by atoms with Crippen LogP contribution in [-0.4, -0.2) is 66.2 Å². The summed E-state index contributed by atoms with van der Waals surface area (Å²) in [5.74, 6) is 0.344. The van der Waals surface area contributed by atoms with E-state index in [-0.39, 0.29) is 17.5 Å². The first-order chi connectivity index (χ1) is 10.0. The van der Waals surface area contributed by atoms with Crippen molar-refractivity contribution in [1.82, 2.24) is 14.4 Å². The zero-order valence-electron chi connectivity index (χ0n) is 12.5. The van der Waals surface area contributed by atoms with Crippen LogP contribution in [0.15, 0.2) is 23.1 Å². The van der Waals surface area contributed by atoms with Crippen molar-refractivity contribution < 1.29 is 9.53 Å². The number of likely N-dealkylation sites (N-methyl/N-ethyl adjacent to an activating group) is 1. The standard InChI is InChI=1S/C15H21N3O3/c1-16-5-11-6-18(8-13(16)10-21-9-11)15(20)12-3-4-14(19)17(2)7-12/h3-4,7,11,13H,5-6,8-10H2,1-2H3/t11-,13+/m1/s1. The van der Waals surface area contributed by atoms with Crippen LogP contribution in [0, 0.1) is 5.92 Å². The maximum absolute atomic E-state index is 12.7. The van der Waals surface area contributed by atoms with E-state index >= 15 is 0 Å². The Kier molecular flexibility index (Phi) is 3.82. The van der Waals surface area contributed by atoms with E-state index in [1.807, 2.05) is 4.90 Å². The Morgan fingerprint density at radius 1 is 1.19 bits per heavy atom. The Hall–Kier alpha value is -1.66. The van der Waals surface area contributed by atoms with E-state index in [9.17, 15) is 9.59 Å². The largest absolute Gasteiger partial charge is 0.379 e. The minimum Gasteiger partial charge on any atom is -0.379 e. The second-order valence-electron chi connectivity index (χ2n) is 6.07. The van der Waals surface area contributed by atoms with Crippen molar-refractivity contribution in [2.45, 2.75) is 6.04 Å². The SMILES string of the molecule is CN1C[C@H]2COC[C@@H]1CN(C(=O)c1ccc(=O)n(C)c1)C2. The van der Waals surface area contributed by atoms with Gasteiger partial charge in [0.25, 0.3) is 5.91 Å². The van der Waals surface area contributed by atoms with Crippen molar-refractivity contribution in [2.24, 2.45) is 13.0 Å². The Morgan fingerprint density at radius 3 is 2.76 bits per heavy atom. The van der Waals surface area contributed by atoms with Crippen molar-refractivity contribution in [1.29, 1.82) is 0 Å². The zero-order chi connectivity index (χ0) is 15.0. The third-order valence-corrected chi connectivity index (χ3v) is 4.36. The molecule has 21 heavy (non-hydrogen) atoms. The van der Waals surface area contributed by atoms with Crippen molar-refractivity contribution in [3.05, 3.63) is 34.2 Å². The van der Waals surface area contributed by atoms with E-state index in [0.29, 0.717) is 37.8 Å². The number of carbonyl (C=O) groups excluding carboxylic acids is 1. The summed E-state index contributed by atoms with van der Waals surface area (Å²) >= 11 is 0. The lowest BCUT2D eigenvalue weighted by Crippen LogP contribution is -2.44. The molecule has 0 aliphatic carbocycles. The normalized spacial score (nSPS) is 26.5. The van der Waals surface area contributed by atoms with Gasteiger partial charge in [0.15, 0.2) is 0 Å². The highest BCUT2D eigenvalue weighted by molar-refractivity contribution is 5.94. The fraction of sp³-hybridized carbons (Fsp3) is 0.600. The van der Waals surface area contributed by atoms with E-state index in [1.165, 1.54) is 10.6 Å². The van der Waals surface area contributed by atoms with Gasteiger partial charge in [-0.1, -0.05) is 0 Å². The van der Waals surface area contributed by atoms with Crippen LogP contribution < -0.4 is 5.56 Å². The van der Waals surface area contributed by atoms with Crippen molar-refractivity contribution in [3.8, 4) is 0 Å². The van der Waals surface area contributed by atoms with Gasteiger partial charge >= 0.3 is 0 Å². The van der Waals surface area contributed by atoms with Gasteiger partial charge in [0.2, 0.25) is 5.56 Å². The highest BCUT2D eigenvalue weighted by Crippen LogP contribution is 2.19. The number of amides is 1. The highest BCUT2D eigenvalue weighted by Gasteiger charge is 2.33.